The second-order valence-corrected chi connectivity index (χ2v) is 6.97. The van der Waals surface area contributed by atoms with Gasteiger partial charge in [0.1, 0.15) is 0 Å². The highest BCUT2D eigenvalue weighted by Crippen LogP contribution is 2.19. The molecule has 0 radical (unpaired) electrons. The summed E-state index contributed by atoms with van der Waals surface area (Å²) in [5.74, 6) is 0.249. The second-order valence-electron chi connectivity index (χ2n) is 5.94. The molecule has 3 heterocycles. The molecular formula is C16H24N2O2S. The van der Waals surface area contributed by atoms with Crippen LogP contribution in [-0.2, 0) is 16.1 Å². The van der Waals surface area contributed by atoms with E-state index in [2.05, 4.69) is 16.8 Å². The summed E-state index contributed by atoms with van der Waals surface area (Å²) < 4.78 is 5.73. The summed E-state index contributed by atoms with van der Waals surface area (Å²) >= 11 is 1.72. The average Bonchev–Trinajstić information content (AvgIpc) is 3.20. The van der Waals surface area contributed by atoms with Crippen molar-refractivity contribution in [3.8, 4) is 0 Å². The predicted molar refractivity (Wildman–Crippen MR) is 84.4 cm³/mol. The maximum atomic E-state index is 12.8. The summed E-state index contributed by atoms with van der Waals surface area (Å²) in [5.41, 5.74) is 0. The number of nitrogens with zero attached hydrogens (tertiary/aromatic N) is 1. The van der Waals surface area contributed by atoms with Gasteiger partial charge in [-0.15, -0.1) is 11.3 Å². The number of amides is 1. The molecule has 2 fully saturated rings. The summed E-state index contributed by atoms with van der Waals surface area (Å²) in [4.78, 5) is 16.1. The van der Waals surface area contributed by atoms with Gasteiger partial charge in [-0.05, 0) is 43.7 Å². The van der Waals surface area contributed by atoms with Crippen LogP contribution in [-0.4, -0.2) is 42.6 Å². The van der Waals surface area contributed by atoms with E-state index >= 15 is 0 Å². The van der Waals surface area contributed by atoms with E-state index in [0.717, 1.165) is 45.4 Å². The van der Waals surface area contributed by atoms with Crippen molar-refractivity contribution < 1.29 is 9.53 Å². The Labute approximate surface area is 130 Å². The van der Waals surface area contributed by atoms with E-state index in [9.17, 15) is 4.79 Å². The van der Waals surface area contributed by atoms with Crippen LogP contribution in [0.5, 0.6) is 0 Å². The molecule has 0 aromatic carbocycles. The lowest BCUT2D eigenvalue weighted by Crippen LogP contribution is -2.50. The lowest BCUT2D eigenvalue weighted by molar-refractivity contribution is -0.136. The standard InChI is InChI=1S/C16H24N2O2S/c19-16(15-7-1-2-8-17-15)18(11-13-5-3-9-20-13)12-14-6-4-10-21-14/h4,6,10,13,15,17H,1-3,5,7-9,11-12H2. The van der Waals surface area contributed by atoms with Gasteiger partial charge in [0.15, 0.2) is 0 Å². The first-order valence-corrected chi connectivity index (χ1v) is 8.87. The number of carbonyl (C=O) groups excluding carboxylic acids is 1. The smallest absolute Gasteiger partial charge is 0.240 e. The minimum Gasteiger partial charge on any atom is -0.376 e. The van der Waals surface area contributed by atoms with E-state index in [4.69, 9.17) is 4.74 Å². The summed E-state index contributed by atoms with van der Waals surface area (Å²) in [6, 6.07) is 4.16. The van der Waals surface area contributed by atoms with E-state index in [-0.39, 0.29) is 18.1 Å². The lowest BCUT2D eigenvalue weighted by atomic mass is 10.0. The molecule has 2 unspecified atom stereocenters. The highest BCUT2D eigenvalue weighted by atomic mass is 32.1. The van der Waals surface area contributed by atoms with E-state index in [1.807, 2.05) is 11.0 Å². The summed E-state index contributed by atoms with van der Waals surface area (Å²) in [5, 5.41) is 5.45. The van der Waals surface area contributed by atoms with Crippen molar-refractivity contribution in [3.63, 3.8) is 0 Å². The third kappa shape index (κ3) is 4.05. The van der Waals surface area contributed by atoms with Crippen molar-refractivity contribution in [2.24, 2.45) is 0 Å². The molecule has 0 spiro atoms. The number of ether oxygens (including phenoxy) is 1. The molecule has 0 bridgehead atoms. The lowest BCUT2D eigenvalue weighted by Gasteiger charge is -2.31. The zero-order valence-corrected chi connectivity index (χ0v) is 13.2. The van der Waals surface area contributed by atoms with Crippen LogP contribution in [0.25, 0.3) is 0 Å². The molecule has 2 aliphatic heterocycles. The Morgan fingerprint density at radius 3 is 3.00 bits per heavy atom. The molecule has 116 valence electrons. The van der Waals surface area contributed by atoms with Crippen molar-refractivity contribution >= 4 is 17.2 Å². The molecule has 4 nitrogen and oxygen atoms in total. The maximum Gasteiger partial charge on any atom is 0.240 e. The first-order valence-electron chi connectivity index (χ1n) is 7.99. The Morgan fingerprint density at radius 1 is 1.38 bits per heavy atom. The molecule has 2 saturated heterocycles. The molecule has 1 aromatic heterocycles. The number of hydrogen-bond acceptors (Lipinski definition) is 4. The van der Waals surface area contributed by atoms with Crippen molar-refractivity contribution in [2.45, 2.75) is 50.8 Å². The predicted octanol–water partition coefficient (Wildman–Crippen LogP) is 2.40. The van der Waals surface area contributed by atoms with Crippen molar-refractivity contribution in [2.75, 3.05) is 19.7 Å². The highest BCUT2D eigenvalue weighted by Gasteiger charge is 2.29. The van der Waals surface area contributed by atoms with Crippen LogP contribution in [0, 0.1) is 0 Å². The topological polar surface area (TPSA) is 41.6 Å². The normalized spacial score (nSPS) is 25.9. The van der Waals surface area contributed by atoms with Gasteiger partial charge < -0.3 is 15.0 Å². The second kappa shape index (κ2) is 7.38. The monoisotopic (exact) mass is 308 g/mol. The third-order valence-corrected chi connectivity index (χ3v) is 5.16. The largest absolute Gasteiger partial charge is 0.376 e. The van der Waals surface area contributed by atoms with Gasteiger partial charge in [-0.25, -0.2) is 0 Å². The fourth-order valence-corrected chi connectivity index (χ4v) is 3.86. The van der Waals surface area contributed by atoms with Gasteiger partial charge in [-0.3, -0.25) is 4.79 Å². The summed E-state index contributed by atoms with van der Waals surface area (Å²) in [6.07, 6.45) is 5.71. The van der Waals surface area contributed by atoms with E-state index in [0.29, 0.717) is 6.54 Å². The molecule has 1 aromatic rings. The van der Waals surface area contributed by atoms with Gasteiger partial charge in [-0.1, -0.05) is 12.5 Å². The Morgan fingerprint density at radius 2 is 2.33 bits per heavy atom. The first-order chi connectivity index (χ1) is 10.3. The number of hydrogen-bond donors (Lipinski definition) is 1. The fourth-order valence-electron chi connectivity index (χ4n) is 3.14. The van der Waals surface area contributed by atoms with E-state index in [1.54, 1.807) is 11.3 Å². The van der Waals surface area contributed by atoms with Gasteiger partial charge >= 0.3 is 0 Å². The number of piperidine rings is 1. The molecule has 2 atom stereocenters. The van der Waals surface area contributed by atoms with E-state index in [1.165, 1.54) is 11.3 Å². The van der Waals surface area contributed by atoms with Gasteiger partial charge in [0.05, 0.1) is 18.7 Å². The molecular weight excluding hydrogens is 284 g/mol. The fraction of sp³-hybridized carbons (Fsp3) is 0.688. The molecule has 3 rings (SSSR count). The van der Waals surface area contributed by atoms with Crippen molar-refractivity contribution in [1.29, 1.82) is 0 Å². The Balaban J connectivity index is 1.65. The van der Waals surface area contributed by atoms with Gasteiger partial charge in [-0.2, -0.15) is 0 Å². The van der Waals surface area contributed by atoms with Crippen molar-refractivity contribution in [1.82, 2.24) is 10.2 Å². The molecule has 0 aliphatic carbocycles. The third-order valence-electron chi connectivity index (χ3n) is 4.29. The van der Waals surface area contributed by atoms with Crippen LogP contribution in [0.1, 0.15) is 37.0 Å². The van der Waals surface area contributed by atoms with Crippen LogP contribution in [0.2, 0.25) is 0 Å². The van der Waals surface area contributed by atoms with Crippen molar-refractivity contribution in [3.05, 3.63) is 22.4 Å². The molecule has 2 aliphatic rings. The molecule has 1 amide bonds. The SMILES string of the molecule is O=C(C1CCCCN1)N(Cc1cccs1)CC1CCCO1. The minimum absolute atomic E-state index is 0.000107. The maximum absolute atomic E-state index is 12.8. The minimum atomic E-state index is 0.000107. The Hall–Kier alpha value is -0.910. The summed E-state index contributed by atoms with van der Waals surface area (Å²) in [7, 11) is 0. The molecule has 5 heteroatoms. The molecule has 21 heavy (non-hydrogen) atoms. The average molecular weight is 308 g/mol. The Bertz CT molecular complexity index is 437. The zero-order valence-electron chi connectivity index (χ0n) is 12.4. The molecule has 0 saturated carbocycles. The molecule has 1 N–H and O–H groups in total. The Kier molecular flexibility index (Phi) is 5.27. The van der Waals surface area contributed by atoms with Gasteiger partial charge in [0.25, 0.3) is 0 Å². The summed E-state index contributed by atoms with van der Waals surface area (Å²) in [6.45, 7) is 3.25. The van der Waals surface area contributed by atoms with Crippen LogP contribution in [0.3, 0.4) is 0 Å². The number of rotatable bonds is 5. The zero-order chi connectivity index (χ0) is 14.5. The number of nitrogens with one attached hydrogen (secondary N) is 1. The quantitative estimate of drug-likeness (QED) is 0.908. The van der Waals surface area contributed by atoms with Crippen LogP contribution < -0.4 is 5.32 Å². The number of thiophene rings is 1. The first kappa shape index (κ1) is 15.0. The highest BCUT2D eigenvalue weighted by molar-refractivity contribution is 7.09. The van der Waals surface area contributed by atoms with Crippen LogP contribution in [0.4, 0.5) is 0 Å². The van der Waals surface area contributed by atoms with Gasteiger partial charge in [0.2, 0.25) is 5.91 Å². The number of carbonyl (C=O) groups is 1. The van der Waals surface area contributed by atoms with Crippen LogP contribution in [0.15, 0.2) is 17.5 Å². The van der Waals surface area contributed by atoms with Crippen LogP contribution >= 0.6 is 11.3 Å². The van der Waals surface area contributed by atoms with Gasteiger partial charge in [0, 0.05) is 18.0 Å². The van der Waals surface area contributed by atoms with E-state index < -0.39 is 0 Å².